The second-order valence-electron chi connectivity index (χ2n) is 4.71. The number of hydrogen-bond acceptors (Lipinski definition) is 4. The summed E-state index contributed by atoms with van der Waals surface area (Å²) < 4.78 is 5.29. The maximum absolute atomic E-state index is 9.38. The highest BCUT2D eigenvalue weighted by Gasteiger charge is 2.25. The summed E-state index contributed by atoms with van der Waals surface area (Å²) in [6.45, 7) is 5.13. The summed E-state index contributed by atoms with van der Waals surface area (Å²) in [7, 11) is 0. The van der Waals surface area contributed by atoms with E-state index in [1.54, 1.807) is 6.26 Å². The summed E-state index contributed by atoms with van der Waals surface area (Å²) in [5, 5.41) is 12.8. The zero-order valence-electron chi connectivity index (χ0n) is 11.9. The Bertz CT molecular complexity index is 372. The Morgan fingerprint density at radius 3 is 2.89 bits per heavy atom. The van der Waals surface area contributed by atoms with Crippen molar-refractivity contribution in [2.75, 3.05) is 12.3 Å². The summed E-state index contributed by atoms with van der Waals surface area (Å²) in [6, 6.07) is 6.39. The van der Waals surface area contributed by atoms with Gasteiger partial charge < -0.3 is 4.42 Å². The van der Waals surface area contributed by atoms with Gasteiger partial charge in [0.05, 0.1) is 18.1 Å². The quantitative estimate of drug-likeness (QED) is 0.659. The Morgan fingerprint density at radius 2 is 2.32 bits per heavy atom. The van der Waals surface area contributed by atoms with Crippen molar-refractivity contribution in [3.05, 3.63) is 24.2 Å². The normalized spacial score (nSPS) is 13.9. The van der Waals surface area contributed by atoms with Crippen LogP contribution in [0.5, 0.6) is 0 Å². The molecule has 0 aliphatic carbocycles. The van der Waals surface area contributed by atoms with Gasteiger partial charge in [-0.15, -0.1) is 0 Å². The highest BCUT2D eigenvalue weighted by Crippen LogP contribution is 2.20. The molecular formula is C15H24N2OS. The summed E-state index contributed by atoms with van der Waals surface area (Å²) >= 11 is 1.87. The number of nitrogens with one attached hydrogen (secondary N) is 1. The first-order chi connectivity index (χ1) is 9.26. The number of rotatable bonds is 10. The van der Waals surface area contributed by atoms with Crippen LogP contribution in [0.15, 0.2) is 22.8 Å². The third-order valence-electron chi connectivity index (χ3n) is 3.25. The first-order valence-corrected chi connectivity index (χ1v) is 8.18. The smallest absolute Gasteiger partial charge is 0.113 e. The van der Waals surface area contributed by atoms with Crippen molar-refractivity contribution in [3.8, 4) is 6.07 Å². The molecule has 106 valence electrons. The van der Waals surface area contributed by atoms with E-state index in [1.165, 1.54) is 0 Å². The van der Waals surface area contributed by atoms with Gasteiger partial charge in [0.2, 0.25) is 0 Å². The van der Waals surface area contributed by atoms with Gasteiger partial charge in [-0.2, -0.15) is 17.0 Å². The molecule has 1 N–H and O–H groups in total. The van der Waals surface area contributed by atoms with E-state index >= 15 is 0 Å². The number of hydrogen-bond donors (Lipinski definition) is 1. The molecular weight excluding hydrogens is 256 g/mol. The van der Waals surface area contributed by atoms with Crippen LogP contribution >= 0.6 is 11.8 Å². The molecule has 0 aliphatic heterocycles. The van der Waals surface area contributed by atoms with Gasteiger partial charge >= 0.3 is 0 Å². The van der Waals surface area contributed by atoms with Crippen LogP contribution in [0.3, 0.4) is 0 Å². The summed E-state index contributed by atoms with van der Waals surface area (Å²) in [5.74, 6) is 3.01. The van der Waals surface area contributed by atoms with E-state index in [4.69, 9.17) is 4.42 Å². The number of nitriles is 1. The Balaban J connectivity index is 2.22. The second-order valence-corrected chi connectivity index (χ2v) is 5.81. The topological polar surface area (TPSA) is 49.0 Å². The van der Waals surface area contributed by atoms with Gasteiger partial charge in [0, 0.05) is 0 Å². The maximum Gasteiger partial charge on any atom is 0.113 e. The highest BCUT2D eigenvalue weighted by molar-refractivity contribution is 7.98. The van der Waals surface area contributed by atoms with Crippen LogP contribution in [0.25, 0.3) is 0 Å². The van der Waals surface area contributed by atoms with Crippen LogP contribution in [0.4, 0.5) is 0 Å². The number of nitrogens with zero attached hydrogens (tertiary/aromatic N) is 1. The van der Waals surface area contributed by atoms with Crippen molar-refractivity contribution >= 4 is 11.8 Å². The molecule has 19 heavy (non-hydrogen) atoms. The largest absolute Gasteiger partial charge is 0.468 e. The lowest BCUT2D eigenvalue weighted by molar-refractivity contribution is 0.371. The van der Waals surface area contributed by atoms with E-state index < -0.39 is 0 Å². The lowest BCUT2D eigenvalue weighted by Gasteiger charge is -2.26. The molecule has 0 saturated carbocycles. The molecule has 0 radical (unpaired) electrons. The lowest BCUT2D eigenvalue weighted by Crippen LogP contribution is -2.43. The lowest BCUT2D eigenvalue weighted by atomic mass is 9.92. The average Bonchev–Trinajstić information content (AvgIpc) is 2.95. The minimum atomic E-state index is -0.332. The Hall–Kier alpha value is -0.920. The molecule has 0 amide bonds. The van der Waals surface area contributed by atoms with Gasteiger partial charge in [0.15, 0.2) is 0 Å². The minimum Gasteiger partial charge on any atom is -0.468 e. The van der Waals surface area contributed by atoms with Crippen molar-refractivity contribution in [2.24, 2.45) is 0 Å². The average molecular weight is 280 g/mol. The molecule has 0 bridgehead atoms. The van der Waals surface area contributed by atoms with Crippen molar-refractivity contribution in [2.45, 2.75) is 50.8 Å². The Morgan fingerprint density at radius 1 is 1.47 bits per heavy atom. The van der Waals surface area contributed by atoms with Crippen LogP contribution in [-0.2, 0) is 5.75 Å². The number of furan rings is 1. The van der Waals surface area contributed by atoms with E-state index in [-0.39, 0.29) is 5.54 Å². The van der Waals surface area contributed by atoms with Crippen LogP contribution in [0.1, 0.15) is 45.3 Å². The zero-order valence-corrected chi connectivity index (χ0v) is 12.8. The van der Waals surface area contributed by atoms with Crippen molar-refractivity contribution in [1.29, 1.82) is 5.26 Å². The molecule has 0 saturated heterocycles. The van der Waals surface area contributed by atoms with Gasteiger partial charge in [-0.25, -0.2) is 0 Å². The minimum absolute atomic E-state index is 0.332. The fourth-order valence-electron chi connectivity index (χ4n) is 1.97. The van der Waals surface area contributed by atoms with Gasteiger partial charge in [-0.3, -0.25) is 5.32 Å². The van der Waals surface area contributed by atoms with Crippen molar-refractivity contribution in [1.82, 2.24) is 5.32 Å². The van der Waals surface area contributed by atoms with E-state index in [0.717, 1.165) is 49.5 Å². The second kappa shape index (κ2) is 9.06. The SMILES string of the molecule is CCCNC(C#N)(CC)CCCSCc1ccco1. The van der Waals surface area contributed by atoms with Crippen LogP contribution < -0.4 is 5.32 Å². The Kier molecular flexibility index (Phi) is 7.69. The molecule has 0 aliphatic rings. The third kappa shape index (κ3) is 5.71. The third-order valence-corrected chi connectivity index (χ3v) is 4.31. The van der Waals surface area contributed by atoms with Gasteiger partial charge in [-0.1, -0.05) is 13.8 Å². The molecule has 4 heteroatoms. The standard InChI is InChI=1S/C15H24N2OS/c1-3-9-17-15(4-2,13-16)8-6-11-19-12-14-7-5-10-18-14/h5,7,10,17H,3-4,6,8-9,11-12H2,1-2H3. The molecule has 1 aromatic heterocycles. The monoisotopic (exact) mass is 280 g/mol. The summed E-state index contributed by atoms with van der Waals surface area (Å²) in [5.41, 5.74) is -0.332. The van der Waals surface area contributed by atoms with Crippen LogP contribution in [0, 0.1) is 11.3 Å². The molecule has 1 unspecified atom stereocenters. The molecule has 3 nitrogen and oxygen atoms in total. The summed E-state index contributed by atoms with van der Waals surface area (Å²) in [6.07, 6.45) is 5.63. The maximum atomic E-state index is 9.38. The highest BCUT2D eigenvalue weighted by atomic mass is 32.2. The molecule has 1 heterocycles. The molecule has 0 spiro atoms. The number of thioether (sulfide) groups is 1. The van der Waals surface area contributed by atoms with E-state index in [1.807, 2.05) is 23.9 Å². The van der Waals surface area contributed by atoms with E-state index in [9.17, 15) is 5.26 Å². The first-order valence-electron chi connectivity index (χ1n) is 7.02. The fraction of sp³-hybridized carbons (Fsp3) is 0.667. The van der Waals surface area contributed by atoms with Crippen LogP contribution in [0.2, 0.25) is 0 Å². The van der Waals surface area contributed by atoms with Gasteiger partial charge in [0.25, 0.3) is 0 Å². The Labute approximate surface area is 120 Å². The fourth-order valence-corrected chi connectivity index (χ4v) is 2.83. The predicted molar refractivity (Wildman–Crippen MR) is 81.0 cm³/mol. The molecule has 1 aromatic rings. The zero-order chi connectivity index (χ0) is 14.0. The molecule has 1 rings (SSSR count). The molecule has 0 fully saturated rings. The molecule has 1 atom stereocenters. The van der Waals surface area contributed by atoms with Crippen molar-refractivity contribution in [3.63, 3.8) is 0 Å². The van der Waals surface area contributed by atoms with E-state index in [0.29, 0.717) is 0 Å². The van der Waals surface area contributed by atoms with Gasteiger partial charge in [0.1, 0.15) is 11.3 Å². The first kappa shape index (κ1) is 16.1. The van der Waals surface area contributed by atoms with Gasteiger partial charge in [-0.05, 0) is 50.1 Å². The molecule has 0 aromatic carbocycles. The van der Waals surface area contributed by atoms with E-state index in [2.05, 4.69) is 25.2 Å². The van der Waals surface area contributed by atoms with Crippen molar-refractivity contribution < 1.29 is 4.42 Å². The predicted octanol–water partition coefficient (Wildman–Crippen LogP) is 3.96. The van der Waals surface area contributed by atoms with Crippen LogP contribution in [-0.4, -0.2) is 17.8 Å². The summed E-state index contributed by atoms with van der Waals surface area (Å²) in [4.78, 5) is 0.